The predicted molar refractivity (Wildman–Crippen MR) is 83.0 cm³/mol. The summed E-state index contributed by atoms with van der Waals surface area (Å²) in [5.41, 5.74) is 8.37. The first-order valence-corrected chi connectivity index (χ1v) is 6.89. The molecular formula is C16H13N5O. The molecule has 0 spiro atoms. The van der Waals surface area contributed by atoms with Crippen molar-refractivity contribution in [3.8, 4) is 11.6 Å². The number of benzene rings is 1. The van der Waals surface area contributed by atoms with Crippen molar-refractivity contribution in [1.29, 1.82) is 0 Å². The monoisotopic (exact) mass is 291 g/mol. The largest absolute Gasteiger partial charge is 0.461 e. The van der Waals surface area contributed by atoms with Gasteiger partial charge < -0.3 is 15.1 Å². The van der Waals surface area contributed by atoms with Gasteiger partial charge in [-0.1, -0.05) is 30.3 Å². The Bertz CT molecular complexity index is 913. The highest BCUT2D eigenvalue weighted by molar-refractivity contribution is 5.83. The fourth-order valence-electron chi connectivity index (χ4n) is 2.36. The van der Waals surface area contributed by atoms with E-state index in [9.17, 15) is 0 Å². The Morgan fingerprint density at radius 2 is 1.86 bits per heavy atom. The third-order valence-electron chi connectivity index (χ3n) is 3.38. The lowest BCUT2D eigenvalue weighted by Crippen LogP contribution is -1.96. The van der Waals surface area contributed by atoms with Gasteiger partial charge in [0.05, 0.1) is 6.26 Å². The maximum absolute atomic E-state index is 6.01. The minimum atomic E-state index is 0.364. The van der Waals surface area contributed by atoms with Crippen LogP contribution in [0.4, 0.5) is 5.82 Å². The van der Waals surface area contributed by atoms with E-state index in [0.717, 1.165) is 5.82 Å². The van der Waals surface area contributed by atoms with Gasteiger partial charge in [0.25, 0.3) is 0 Å². The molecule has 0 bridgehead atoms. The van der Waals surface area contributed by atoms with Crippen molar-refractivity contribution in [3.05, 3.63) is 60.1 Å². The van der Waals surface area contributed by atoms with Gasteiger partial charge in [-0.25, -0.2) is 15.0 Å². The number of rotatable bonds is 3. The summed E-state index contributed by atoms with van der Waals surface area (Å²) in [4.78, 5) is 16.4. The molecule has 22 heavy (non-hydrogen) atoms. The summed E-state index contributed by atoms with van der Waals surface area (Å²) in [6.45, 7) is 0. The molecule has 0 saturated carbocycles. The maximum Gasteiger partial charge on any atom is 0.199 e. The fraction of sp³-hybridized carbons (Fsp3) is 0.0625. The van der Waals surface area contributed by atoms with Crippen LogP contribution in [-0.4, -0.2) is 19.9 Å². The second-order valence-electron chi connectivity index (χ2n) is 4.95. The first kappa shape index (κ1) is 12.6. The van der Waals surface area contributed by atoms with Crippen LogP contribution in [0.1, 0.15) is 11.4 Å². The number of H-pyrrole nitrogens is 1. The summed E-state index contributed by atoms with van der Waals surface area (Å²) in [6.07, 6.45) is 2.26. The number of aromatic amines is 1. The maximum atomic E-state index is 6.01. The van der Waals surface area contributed by atoms with E-state index >= 15 is 0 Å². The zero-order chi connectivity index (χ0) is 14.9. The standard InChI is InChI=1S/C16H13N5O/c17-14-13-16(21-15(20-14)11-7-4-8-22-11)19-12(18-13)9-10-5-2-1-3-6-10/h1-8H,9H2,(H3,17,18,19,20,21). The number of imidazole rings is 1. The third-order valence-corrected chi connectivity index (χ3v) is 3.38. The Kier molecular flexibility index (Phi) is 2.86. The van der Waals surface area contributed by atoms with Gasteiger partial charge in [0.15, 0.2) is 23.0 Å². The number of nitrogens with zero attached hydrogens (tertiary/aromatic N) is 3. The van der Waals surface area contributed by atoms with Crippen LogP contribution in [0, 0.1) is 0 Å². The SMILES string of the molecule is Nc1nc(-c2ccco2)nc2nc(Cc3ccccc3)[nH]c12. The molecular weight excluding hydrogens is 278 g/mol. The molecule has 1 aromatic carbocycles. The van der Waals surface area contributed by atoms with Crippen LogP contribution in [0.15, 0.2) is 53.1 Å². The Labute approximate surface area is 126 Å². The number of nitrogen functional groups attached to an aromatic ring is 1. The third kappa shape index (κ3) is 2.20. The summed E-state index contributed by atoms with van der Waals surface area (Å²) in [6, 6.07) is 13.7. The molecule has 3 N–H and O–H groups in total. The van der Waals surface area contributed by atoms with Crippen molar-refractivity contribution in [2.45, 2.75) is 6.42 Å². The molecule has 108 valence electrons. The second kappa shape index (κ2) is 5.00. The average molecular weight is 291 g/mol. The molecule has 0 unspecified atom stereocenters. The van der Waals surface area contributed by atoms with Crippen LogP contribution < -0.4 is 5.73 Å². The first-order valence-electron chi connectivity index (χ1n) is 6.89. The molecule has 3 aromatic heterocycles. The minimum Gasteiger partial charge on any atom is -0.461 e. The number of nitrogens with two attached hydrogens (primary N) is 1. The Balaban J connectivity index is 1.76. The van der Waals surface area contributed by atoms with E-state index in [2.05, 4.69) is 32.1 Å². The molecule has 0 atom stereocenters. The quantitative estimate of drug-likeness (QED) is 0.605. The number of anilines is 1. The van der Waals surface area contributed by atoms with Gasteiger partial charge in [-0.05, 0) is 17.7 Å². The second-order valence-corrected chi connectivity index (χ2v) is 4.95. The minimum absolute atomic E-state index is 0.364. The molecule has 3 heterocycles. The van der Waals surface area contributed by atoms with Gasteiger partial charge in [0.1, 0.15) is 11.3 Å². The number of aromatic nitrogens is 4. The van der Waals surface area contributed by atoms with Crippen molar-refractivity contribution in [3.63, 3.8) is 0 Å². The van der Waals surface area contributed by atoms with Gasteiger partial charge in [0.2, 0.25) is 0 Å². The lowest BCUT2D eigenvalue weighted by Gasteiger charge is -1.98. The van der Waals surface area contributed by atoms with Crippen LogP contribution in [0.2, 0.25) is 0 Å². The number of furan rings is 1. The fourth-order valence-corrected chi connectivity index (χ4v) is 2.36. The van der Waals surface area contributed by atoms with E-state index in [4.69, 9.17) is 10.2 Å². The molecule has 4 rings (SSSR count). The van der Waals surface area contributed by atoms with Crippen LogP contribution in [-0.2, 0) is 6.42 Å². The average Bonchev–Trinajstić information content (AvgIpc) is 3.17. The van der Waals surface area contributed by atoms with Gasteiger partial charge in [-0.15, -0.1) is 0 Å². The highest BCUT2D eigenvalue weighted by Gasteiger charge is 2.13. The molecule has 0 amide bonds. The summed E-state index contributed by atoms with van der Waals surface area (Å²) in [7, 11) is 0. The summed E-state index contributed by atoms with van der Waals surface area (Å²) in [5.74, 6) is 2.18. The Morgan fingerprint density at radius 1 is 1.00 bits per heavy atom. The van der Waals surface area contributed by atoms with Crippen molar-refractivity contribution >= 4 is 17.0 Å². The van der Waals surface area contributed by atoms with Crippen molar-refractivity contribution in [2.24, 2.45) is 0 Å². The highest BCUT2D eigenvalue weighted by atomic mass is 16.3. The molecule has 4 aromatic rings. The Morgan fingerprint density at radius 3 is 2.64 bits per heavy atom. The van der Waals surface area contributed by atoms with Crippen LogP contribution in [0.5, 0.6) is 0 Å². The number of nitrogens with one attached hydrogen (secondary N) is 1. The van der Waals surface area contributed by atoms with E-state index in [1.54, 1.807) is 18.4 Å². The van der Waals surface area contributed by atoms with Gasteiger partial charge in [-0.2, -0.15) is 0 Å². The van der Waals surface area contributed by atoms with Gasteiger partial charge in [-0.3, -0.25) is 0 Å². The molecule has 6 heteroatoms. The lowest BCUT2D eigenvalue weighted by molar-refractivity contribution is 0.577. The molecule has 0 aliphatic heterocycles. The Hall–Kier alpha value is -3.15. The molecule has 0 fully saturated rings. The molecule has 0 aliphatic carbocycles. The van der Waals surface area contributed by atoms with Crippen LogP contribution in [0.25, 0.3) is 22.7 Å². The lowest BCUT2D eigenvalue weighted by atomic mass is 10.1. The zero-order valence-electron chi connectivity index (χ0n) is 11.7. The van der Waals surface area contributed by atoms with E-state index < -0.39 is 0 Å². The van der Waals surface area contributed by atoms with Crippen LogP contribution >= 0.6 is 0 Å². The topological polar surface area (TPSA) is 93.6 Å². The number of fused-ring (bicyclic) bond motifs is 1. The zero-order valence-corrected chi connectivity index (χ0v) is 11.7. The summed E-state index contributed by atoms with van der Waals surface area (Å²) in [5, 5.41) is 0. The van der Waals surface area contributed by atoms with E-state index in [1.165, 1.54) is 5.56 Å². The van der Waals surface area contributed by atoms with E-state index in [-0.39, 0.29) is 0 Å². The number of hydrogen-bond donors (Lipinski definition) is 2. The van der Waals surface area contributed by atoms with E-state index in [1.807, 2.05) is 18.2 Å². The molecule has 0 aliphatic rings. The van der Waals surface area contributed by atoms with Gasteiger partial charge in [0, 0.05) is 6.42 Å². The van der Waals surface area contributed by atoms with Gasteiger partial charge >= 0.3 is 0 Å². The molecule has 0 radical (unpaired) electrons. The smallest absolute Gasteiger partial charge is 0.199 e. The highest BCUT2D eigenvalue weighted by Crippen LogP contribution is 2.22. The van der Waals surface area contributed by atoms with E-state index in [0.29, 0.717) is 35.0 Å². The first-order chi connectivity index (χ1) is 10.8. The molecule has 0 saturated heterocycles. The van der Waals surface area contributed by atoms with Crippen LogP contribution in [0.3, 0.4) is 0 Å². The van der Waals surface area contributed by atoms with Crippen molar-refractivity contribution in [2.75, 3.05) is 5.73 Å². The predicted octanol–water partition coefficient (Wildman–Crippen LogP) is 2.79. The number of hydrogen-bond acceptors (Lipinski definition) is 5. The van der Waals surface area contributed by atoms with Crippen molar-refractivity contribution < 1.29 is 4.42 Å². The summed E-state index contributed by atoms with van der Waals surface area (Å²) < 4.78 is 5.31. The summed E-state index contributed by atoms with van der Waals surface area (Å²) >= 11 is 0. The molecule has 6 nitrogen and oxygen atoms in total. The van der Waals surface area contributed by atoms with Crippen molar-refractivity contribution in [1.82, 2.24) is 19.9 Å². The normalized spacial score (nSPS) is 11.1.